The average Bonchev–Trinajstić information content (AvgIpc) is 3.22. The third kappa shape index (κ3) is 4.30. The molecule has 3 aromatic rings. The van der Waals surface area contributed by atoms with Crippen LogP contribution in [-0.4, -0.2) is 45.4 Å². The van der Waals surface area contributed by atoms with Gasteiger partial charge in [-0.3, -0.25) is 19.1 Å². The summed E-state index contributed by atoms with van der Waals surface area (Å²) in [5, 5.41) is 16.6. The van der Waals surface area contributed by atoms with Crippen molar-refractivity contribution in [3.63, 3.8) is 0 Å². The topological polar surface area (TPSA) is 111 Å². The van der Waals surface area contributed by atoms with Crippen LogP contribution in [0, 0.1) is 0 Å². The van der Waals surface area contributed by atoms with Crippen molar-refractivity contribution in [1.29, 1.82) is 0 Å². The highest BCUT2D eigenvalue weighted by atomic mass is 16.3. The largest absolute Gasteiger partial charge is 0.494 e. The SMILES string of the molecule is CC(=O)N1N=C(c2c(O)n(Cc3ccccc3)c(=O)[nH]c2=O)CC1c1ccc(N(C)C)cc1. The zero-order valence-corrected chi connectivity index (χ0v) is 18.6. The van der Waals surface area contributed by atoms with Gasteiger partial charge in [0.2, 0.25) is 11.8 Å². The van der Waals surface area contributed by atoms with Gasteiger partial charge < -0.3 is 10.0 Å². The molecule has 1 aliphatic heterocycles. The Morgan fingerprint density at radius 3 is 2.39 bits per heavy atom. The molecule has 1 amide bonds. The lowest BCUT2D eigenvalue weighted by Gasteiger charge is -2.21. The third-order valence-corrected chi connectivity index (χ3v) is 5.67. The summed E-state index contributed by atoms with van der Waals surface area (Å²) in [7, 11) is 3.88. The van der Waals surface area contributed by atoms with Gasteiger partial charge in [0, 0.05) is 33.1 Å². The third-order valence-electron chi connectivity index (χ3n) is 5.67. The molecule has 170 valence electrons. The Morgan fingerprint density at radius 1 is 1.12 bits per heavy atom. The molecule has 0 bridgehead atoms. The van der Waals surface area contributed by atoms with Gasteiger partial charge in [-0.15, -0.1) is 0 Å². The number of nitrogens with zero attached hydrogens (tertiary/aromatic N) is 4. The number of aromatic amines is 1. The number of H-pyrrole nitrogens is 1. The molecule has 33 heavy (non-hydrogen) atoms. The van der Waals surface area contributed by atoms with Crippen LogP contribution in [0.4, 0.5) is 5.69 Å². The van der Waals surface area contributed by atoms with Crippen molar-refractivity contribution in [2.75, 3.05) is 19.0 Å². The molecule has 2 heterocycles. The molecule has 9 nitrogen and oxygen atoms in total. The van der Waals surface area contributed by atoms with Gasteiger partial charge in [0.25, 0.3) is 5.56 Å². The van der Waals surface area contributed by atoms with Crippen molar-refractivity contribution in [1.82, 2.24) is 14.6 Å². The molecular formula is C24H25N5O4. The minimum absolute atomic E-state index is 0.0778. The highest BCUT2D eigenvalue weighted by molar-refractivity contribution is 6.04. The Labute approximate surface area is 190 Å². The summed E-state index contributed by atoms with van der Waals surface area (Å²) in [6.07, 6.45) is 0.223. The van der Waals surface area contributed by atoms with E-state index in [9.17, 15) is 19.5 Å². The number of nitrogens with one attached hydrogen (secondary N) is 1. The zero-order chi connectivity index (χ0) is 23.7. The van der Waals surface area contributed by atoms with E-state index in [-0.39, 0.29) is 30.1 Å². The maximum absolute atomic E-state index is 12.7. The van der Waals surface area contributed by atoms with E-state index in [4.69, 9.17) is 0 Å². The summed E-state index contributed by atoms with van der Waals surface area (Å²) in [4.78, 5) is 41.6. The molecule has 9 heteroatoms. The van der Waals surface area contributed by atoms with E-state index >= 15 is 0 Å². The van der Waals surface area contributed by atoms with E-state index in [1.807, 2.05) is 73.6 Å². The first-order valence-electron chi connectivity index (χ1n) is 10.5. The highest BCUT2D eigenvalue weighted by Crippen LogP contribution is 2.34. The van der Waals surface area contributed by atoms with Gasteiger partial charge in [0.15, 0.2) is 0 Å². The Hall–Kier alpha value is -4.14. The molecule has 0 radical (unpaired) electrons. The summed E-state index contributed by atoms with van der Waals surface area (Å²) in [5.41, 5.74) is 1.31. The Kier molecular flexibility index (Phi) is 5.87. The quantitative estimate of drug-likeness (QED) is 0.622. The molecule has 0 fully saturated rings. The van der Waals surface area contributed by atoms with Gasteiger partial charge >= 0.3 is 5.69 Å². The van der Waals surface area contributed by atoms with E-state index in [2.05, 4.69) is 10.1 Å². The first-order chi connectivity index (χ1) is 15.8. The normalized spacial score (nSPS) is 15.4. The standard InChI is InChI=1S/C24H25N5O4/c1-15(30)29-20(17-9-11-18(12-10-17)27(2)3)13-19(26-29)21-22(31)25-24(33)28(23(21)32)14-16-7-5-4-6-8-16/h4-12,20,32H,13-14H2,1-3H3,(H,25,31,33). The number of aromatic nitrogens is 2. The van der Waals surface area contributed by atoms with Crippen LogP contribution in [0.25, 0.3) is 0 Å². The lowest BCUT2D eigenvalue weighted by Crippen LogP contribution is -2.34. The zero-order valence-electron chi connectivity index (χ0n) is 18.6. The van der Waals surface area contributed by atoms with Crippen LogP contribution in [-0.2, 0) is 11.3 Å². The van der Waals surface area contributed by atoms with Gasteiger partial charge in [0.05, 0.1) is 18.3 Å². The maximum atomic E-state index is 12.7. The number of hydrogen-bond acceptors (Lipinski definition) is 6. The number of rotatable bonds is 5. The molecule has 1 aliphatic rings. The second-order valence-corrected chi connectivity index (χ2v) is 8.15. The number of anilines is 1. The van der Waals surface area contributed by atoms with Crippen molar-refractivity contribution in [2.24, 2.45) is 5.10 Å². The second kappa shape index (κ2) is 8.78. The molecule has 0 aliphatic carbocycles. The van der Waals surface area contributed by atoms with Crippen LogP contribution >= 0.6 is 0 Å². The number of carbonyl (C=O) groups is 1. The second-order valence-electron chi connectivity index (χ2n) is 8.15. The molecule has 0 saturated heterocycles. The molecule has 1 aromatic heterocycles. The average molecular weight is 447 g/mol. The fraction of sp³-hybridized carbons (Fsp3) is 0.250. The number of aromatic hydroxyl groups is 1. The summed E-state index contributed by atoms with van der Waals surface area (Å²) in [5.74, 6) is -0.765. The van der Waals surface area contributed by atoms with E-state index in [0.29, 0.717) is 0 Å². The molecule has 1 unspecified atom stereocenters. The predicted molar refractivity (Wildman–Crippen MR) is 126 cm³/mol. The number of carbonyl (C=O) groups excluding carboxylic acids is 1. The van der Waals surface area contributed by atoms with Gasteiger partial charge in [-0.2, -0.15) is 5.10 Å². The van der Waals surface area contributed by atoms with Crippen molar-refractivity contribution in [3.8, 4) is 5.88 Å². The van der Waals surface area contributed by atoms with Crippen molar-refractivity contribution < 1.29 is 9.90 Å². The first kappa shape index (κ1) is 22.1. The summed E-state index contributed by atoms with van der Waals surface area (Å²) >= 11 is 0. The predicted octanol–water partition coefficient (Wildman–Crippen LogP) is 2.05. The van der Waals surface area contributed by atoms with E-state index < -0.39 is 23.2 Å². The molecule has 4 rings (SSSR count). The minimum Gasteiger partial charge on any atom is -0.494 e. The summed E-state index contributed by atoms with van der Waals surface area (Å²) in [6.45, 7) is 1.47. The summed E-state index contributed by atoms with van der Waals surface area (Å²) in [6, 6.07) is 16.4. The van der Waals surface area contributed by atoms with Gasteiger partial charge in [-0.25, -0.2) is 9.80 Å². The molecule has 0 saturated carbocycles. The molecule has 1 atom stereocenters. The van der Waals surface area contributed by atoms with Crippen molar-refractivity contribution in [3.05, 3.63) is 92.1 Å². The monoisotopic (exact) mass is 447 g/mol. The lowest BCUT2D eigenvalue weighted by molar-refractivity contribution is -0.130. The van der Waals surface area contributed by atoms with Crippen molar-refractivity contribution in [2.45, 2.75) is 25.9 Å². The van der Waals surface area contributed by atoms with Crippen LogP contribution in [0.3, 0.4) is 0 Å². The smallest absolute Gasteiger partial charge is 0.331 e. The van der Waals surface area contributed by atoms with E-state index in [0.717, 1.165) is 21.4 Å². The van der Waals surface area contributed by atoms with Crippen LogP contribution in [0.2, 0.25) is 0 Å². The minimum atomic E-state index is -0.743. The molecule has 2 N–H and O–H groups in total. The van der Waals surface area contributed by atoms with Crippen LogP contribution < -0.4 is 16.1 Å². The fourth-order valence-corrected chi connectivity index (χ4v) is 3.94. The number of amides is 1. The Morgan fingerprint density at radius 2 is 1.79 bits per heavy atom. The van der Waals surface area contributed by atoms with Gasteiger partial charge in [-0.1, -0.05) is 42.5 Å². The summed E-state index contributed by atoms with van der Waals surface area (Å²) < 4.78 is 1.09. The van der Waals surface area contributed by atoms with Crippen LogP contribution in [0.5, 0.6) is 5.88 Å². The van der Waals surface area contributed by atoms with Gasteiger partial charge in [-0.05, 0) is 23.3 Å². The Balaban J connectivity index is 1.73. The Bertz CT molecular complexity index is 1320. The first-order valence-corrected chi connectivity index (χ1v) is 10.5. The molecular weight excluding hydrogens is 422 g/mol. The number of hydrogen-bond donors (Lipinski definition) is 2. The molecule has 0 spiro atoms. The van der Waals surface area contributed by atoms with Crippen LogP contribution in [0.15, 0.2) is 69.3 Å². The molecule has 2 aromatic carbocycles. The fourth-order valence-electron chi connectivity index (χ4n) is 3.94. The number of hydrazone groups is 1. The van der Waals surface area contributed by atoms with E-state index in [1.165, 1.54) is 11.9 Å². The van der Waals surface area contributed by atoms with Crippen molar-refractivity contribution >= 4 is 17.3 Å². The number of benzene rings is 2. The lowest BCUT2D eigenvalue weighted by atomic mass is 9.99. The van der Waals surface area contributed by atoms with Gasteiger partial charge in [0.1, 0.15) is 5.56 Å². The maximum Gasteiger partial charge on any atom is 0.331 e. The van der Waals surface area contributed by atoms with Crippen LogP contribution in [0.1, 0.15) is 36.1 Å². The van der Waals surface area contributed by atoms with E-state index in [1.54, 1.807) is 0 Å². The highest BCUT2D eigenvalue weighted by Gasteiger charge is 2.34.